The van der Waals surface area contributed by atoms with Crippen LogP contribution in [0.1, 0.15) is 30.3 Å². The molecule has 2 rings (SSSR count). The molecule has 2 aromatic rings. The van der Waals surface area contributed by atoms with Gasteiger partial charge in [-0.15, -0.1) is 0 Å². The standard InChI is InChI=1S/C15H14F3N5O2/c1-14(25,5-4-12-20-8-21-23-12)13(24)22-10-3-2-9(7-19)11(6-10)15(16,17)18/h2-3,6,8,25H,4-5H2,1H3,(H,22,24)(H,20,21,23)/t14-/m0/s1. The number of carbonyl (C=O) groups is 1. The number of aliphatic hydroxyl groups is 1. The zero-order chi connectivity index (χ0) is 18.7. The van der Waals surface area contributed by atoms with Crippen molar-refractivity contribution in [3.8, 4) is 6.07 Å². The highest BCUT2D eigenvalue weighted by Gasteiger charge is 2.35. The summed E-state index contributed by atoms with van der Waals surface area (Å²) in [6, 6.07) is 4.23. The van der Waals surface area contributed by atoms with Crippen molar-refractivity contribution in [1.82, 2.24) is 15.2 Å². The van der Waals surface area contributed by atoms with Crippen molar-refractivity contribution >= 4 is 11.6 Å². The Hall–Kier alpha value is -2.93. The number of anilines is 1. The Bertz CT molecular complexity index is 794. The van der Waals surface area contributed by atoms with Crippen LogP contribution in [0.5, 0.6) is 0 Å². The predicted molar refractivity (Wildman–Crippen MR) is 80.1 cm³/mol. The molecule has 132 valence electrons. The van der Waals surface area contributed by atoms with Crippen LogP contribution in [0.2, 0.25) is 0 Å². The minimum Gasteiger partial charge on any atom is -0.380 e. The van der Waals surface area contributed by atoms with Crippen molar-refractivity contribution in [2.45, 2.75) is 31.5 Å². The second kappa shape index (κ2) is 6.90. The first-order chi connectivity index (χ1) is 11.6. The number of hydrogen-bond acceptors (Lipinski definition) is 5. The number of alkyl halides is 3. The number of aromatic amines is 1. The lowest BCUT2D eigenvalue weighted by molar-refractivity contribution is -0.138. The number of hydrogen-bond donors (Lipinski definition) is 3. The number of rotatable bonds is 5. The van der Waals surface area contributed by atoms with Crippen molar-refractivity contribution in [2.75, 3.05) is 5.32 Å². The maximum atomic E-state index is 12.9. The number of aromatic nitrogens is 3. The fourth-order valence-electron chi connectivity index (χ4n) is 2.05. The van der Waals surface area contributed by atoms with Gasteiger partial charge in [-0.05, 0) is 31.5 Å². The van der Waals surface area contributed by atoms with Crippen molar-refractivity contribution in [3.63, 3.8) is 0 Å². The monoisotopic (exact) mass is 353 g/mol. The molecule has 0 saturated heterocycles. The van der Waals surface area contributed by atoms with Crippen molar-refractivity contribution < 1.29 is 23.1 Å². The summed E-state index contributed by atoms with van der Waals surface area (Å²) in [5, 5.41) is 27.4. The van der Waals surface area contributed by atoms with Crippen LogP contribution in [0.25, 0.3) is 0 Å². The van der Waals surface area contributed by atoms with Gasteiger partial charge in [-0.3, -0.25) is 9.89 Å². The Morgan fingerprint density at radius 3 is 2.72 bits per heavy atom. The van der Waals surface area contributed by atoms with Gasteiger partial charge in [-0.2, -0.15) is 23.5 Å². The molecule has 1 amide bonds. The highest BCUT2D eigenvalue weighted by Crippen LogP contribution is 2.33. The molecule has 0 aliphatic heterocycles. The predicted octanol–water partition coefficient (Wildman–Crippen LogP) is 2.02. The fraction of sp³-hybridized carbons (Fsp3) is 0.333. The van der Waals surface area contributed by atoms with E-state index < -0.39 is 28.8 Å². The number of nitriles is 1. The summed E-state index contributed by atoms with van der Waals surface area (Å²) in [6.07, 6.45) is -3.25. The van der Waals surface area contributed by atoms with Gasteiger partial charge in [0, 0.05) is 12.1 Å². The van der Waals surface area contributed by atoms with Crippen LogP contribution in [0.15, 0.2) is 24.5 Å². The van der Waals surface area contributed by atoms with Gasteiger partial charge in [-0.1, -0.05) is 0 Å². The van der Waals surface area contributed by atoms with Crippen LogP contribution in [0.4, 0.5) is 18.9 Å². The Morgan fingerprint density at radius 2 is 2.16 bits per heavy atom. The number of halogens is 3. The third kappa shape index (κ3) is 4.54. The lowest BCUT2D eigenvalue weighted by Crippen LogP contribution is -2.40. The van der Waals surface area contributed by atoms with Crippen LogP contribution in [-0.2, 0) is 17.4 Å². The van der Waals surface area contributed by atoms with Gasteiger partial charge in [0.2, 0.25) is 0 Å². The van der Waals surface area contributed by atoms with Gasteiger partial charge in [0.15, 0.2) is 0 Å². The molecule has 0 unspecified atom stereocenters. The van der Waals surface area contributed by atoms with E-state index in [9.17, 15) is 23.1 Å². The first-order valence-electron chi connectivity index (χ1n) is 7.13. The van der Waals surface area contributed by atoms with Gasteiger partial charge < -0.3 is 10.4 Å². The molecule has 1 aromatic carbocycles. The molecule has 7 nitrogen and oxygen atoms in total. The zero-order valence-electron chi connectivity index (χ0n) is 13.1. The molecule has 0 radical (unpaired) electrons. The summed E-state index contributed by atoms with van der Waals surface area (Å²) >= 11 is 0. The Balaban J connectivity index is 2.12. The number of nitrogens with zero attached hydrogens (tertiary/aromatic N) is 3. The maximum Gasteiger partial charge on any atom is 0.417 e. The number of benzene rings is 1. The number of H-pyrrole nitrogens is 1. The minimum atomic E-state index is -4.74. The topological polar surface area (TPSA) is 115 Å². The van der Waals surface area contributed by atoms with Crippen LogP contribution in [0, 0.1) is 11.3 Å². The fourth-order valence-corrected chi connectivity index (χ4v) is 2.05. The van der Waals surface area contributed by atoms with Gasteiger partial charge in [0.1, 0.15) is 17.8 Å². The number of amides is 1. The molecule has 10 heteroatoms. The average molecular weight is 353 g/mol. The number of aryl methyl sites for hydroxylation is 1. The lowest BCUT2D eigenvalue weighted by atomic mass is 9.98. The van der Waals surface area contributed by atoms with Gasteiger partial charge in [-0.25, -0.2) is 4.98 Å². The lowest BCUT2D eigenvalue weighted by Gasteiger charge is -2.22. The van der Waals surface area contributed by atoms with Crippen LogP contribution >= 0.6 is 0 Å². The van der Waals surface area contributed by atoms with E-state index in [2.05, 4.69) is 20.5 Å². The Morgan fingerprint density at radius 1 is 1.44 bits per heavy atom. The zero-order valence-corrected chi connectivity index (χ0v) is 13.1. The maximum absolute atomic E-state index is 12.9. The van der Waals surface area contributed by atoms with E-state index in [1.807, 2.05) is 0 Å². The van der Waals surface area contributed by atoms with E-state index in [-0.39, 0.29) is 18.5 Å². The van der Waals surface area contributed by atoms with Crippen molar-refractivity contribution in [2.24, 2.45) is 0 Å². The molecule has 25 heavy (non-hydrogen) atoms. The average Bonchev–Trinajstić information content (AvgIpc) is 3.05. The van der Waals surface area contributed by atoms with E-state index in [0.29, 0.717) is 11.9 Å². The third-order valence-electron chi connectivity index (χ3n) is 3.51. The molecular weight excluding hydrogens is 339 g/mol. The summed E-state index contributed by atoms with van der Waals surface area (Å²) < 4.78 is 38.8. The van der Waals surface area contributed by atoms with Crippen LogP contribution in [0.3, 0.4) is 0 Å². The normalized spacial score (nSPS) is 13.8. The molecule has 0 bridgehead atoms. The van der Waals surface area contributed by atoms with E-state index in [0.717, 1.165) is 12.1 Å². The van der Waals surface area contributed by atoms with E-state index >= 15 is 0 Å². The molecule has 3 N–H and O–H groups in total. The second-order valence-corrected chi connectivity index (χ2v) is 5.53. The third-order valence-corrected chi connectivity index (χ3v) is 3.51. The molecule has 1 heterocycles. The highest BCUT2D eigenvalue weighted by atomic mass is 19.4. The quantitative estimate of drug-likeness (QED) is 0.761. The highest BCUT2D eigenvalue weighted by molar-refractivity contribution is 5.96. The number of carbonyl (C=O) groups excluding carboxylic acids is 1. The van der Waals surface area contributed by atoms with Gasteiger partial charge in [0.25, 0.3) is 5.91 Å². The SMILES string of the molecule is C[C@](O)(CCc1ncn[nH]1)C(=O)Nc1ccc(C#N)c(C(F)(F)F)c1. The summed E-state index contributed by atoms with van der Waals surface area (Å²) in [4.78, 5) is 16.0. The van der Waals surface area contributed by atoms with E-state index in [1.165, 1.54) is 19.3 Å². The molecule has 0 aliphatic carbocycles. The smallest absolute Gasteiger partial charge is 0.380 e. The van der Waals surface area contributed by atoms with Crippen molar-refractivity contribution in [3.05, 3.63) is 41.5 Å². The van der Waals surface area contributed by atoms with E-state index in [1.54, 1.807) is 0 Å². The minimum absolute atomic E-state index is 0.0174. The molecule has 0 saturated carbocycles. The largest absolute Gasteiger partial charge is 0.417 e. The molecule has 0 fully saturated rings. The van der Waals surface area contributed by atoms with Crippen molar-refractivity contribution in [1.29, 1.82) is 5.26 Å². The second-order valence-electron chi connectivity index (χ2n) is 5.53. The first kappa shape index (κ1) is 18.4. The van der Waals surface area contributed by atoms with Crippen LogP contribution < -0.4 is 5.32 Å². The Kier molecular flexibility index (Phi) is 5.08. The first-order valence-corrected chi connectivity index (χ1v) is 7.13. The summed E-state index contributed by atoms with van der Waals surface area (Å²) in [6.45, 7) is 1.24. The number of nitrogens with one attached hydrogen (secondary N) is 2. The summed E-state index contributed by atoms with van der Waals surface area (Å²) in [7, 11) is 0. The Labute approximate surface area is 140 Å². The molecule has 1 atom stereocenters. The van der Waals surface area contributed by atoms with Gasteiger partial charge >= 0.3 is 6.18 Å². The molecule has 0 spiro atoms. The molecule has 0 aliphatic rings. The van der Waals surface area contributed by atoms with E-state index in [4.69, 9.17) is 5.26 Å². The summed E-state index contributed by atoms with van der Waals surface area (Å²) in [5.74, 6) is -0.407. The van der Waals surface area contributed by atoms with Crippen LogP contribution in [-0.4, -0.2) is 31.8 Å². The van der Waals surface area contributed by atoms with Gasteiger partial charge in [0.05, 0.1) is 17.2 Å². The summed E-state index contributed by atoms with van der Waals surface area (Å²) in [5.41, 5.74) is -3.72. The molecular formula is C15H14F3N5O2. The molecule has 1 aromatic heterocycles.